The molecule has 0 saturated heterocycles. The first-order valence-corrected chi connectivity index (χ1v) is 7.18. The molecule has 100 valence electrons. The quantitative estimate of drug-likeness (QED) is 0.671. The van der Waals surface area contributed by atoms with E-state index >= 15 is 0 Å². The minimum atomic E-state index is -0.155. The number of furan rings is 1. The van der Waals surface area contributed by atoms with Gasteiger partial charge in [-0.1, -0.05) is 17.7 Å². The number of hydrogen-bond donors (Lipinski definition) is 1. The molecule has 0 fully saturated rings. The molecule has 2 rings (SSSR count). The fourth-order valence-electron chi connectivity index (χ4n) is 1.61. The van der Waals surface area contributed by atoms with Crippen molar-refractivity contribution in [1.82, 2.24) is 5.32 Å². The lowest BCUT2D eigenvalue weighted by Gasteiger charge is -2.04. The highest BCUT2D eigenvalue weighted by Crippen LogP contribution is 2.17. The van der Waals surface area contributed by atoms with Crippen LogP contribution in [0.2, 0.25) is 0 Å². The highest BCUT2D eigenvalue weighted by atomic mass is 32.2. The smallest absolute Gasteiger partial charge is 0.287 e. The maximum atomic E-state index is 11.7. The molecule has 4 heteroatoms. The molecule has 0 radical (unpaired) electrons. The van der Waals surface area contributed by atoms with Gasteiger partial charge in [-0.25, -0.2) is 0 Å². The summed E-state index contributed by atoms with van der Waals surface area (Å²) in [5.41, 5.74) is 1.26. The Bertz CT molecular complexity index is 546. The standard InChI is InChI=1S/C15H17NO2S/c1-11-3-6-13(7-4-11)19-10-9-16-15(17)14-8-5-12(2)18-14/h3-8H,9-10H2,1-2H3,(H,16,17). The van der Waals surface area contributed by atoms with Gasteiger partial charge in [0.2, 0.25) is 0 Å². The van der Waals surface area contributed by atoms with Gasteiger partial charge in [0.05, 0.1) is 0 Å². The van der Waals surface area contributed by atoms with Gasteiger partial charge in [0.1, 0.15) is 5.76 Å². The number of benzene rings is 1. The van der Waals surface area contributed by atoms with Crippen LogP contribution in [0.5, 0.6) is 0 Å². The zero-order chi connectivity index (χ0) is 13.7. The maximum absolute atomic E-state index is 11.7. The predicted octanol–water partition coefficient (Wildman–Crippen LogP) is 3.42. The van der Waals surface area contributed by atoms with Crippen molar-refractivity contribution in [2.75, 3.05) is 12.3 Å². The molecular weight excluding hydrogens is 258 g/mol. The van der Waals surface area contributed by atoms with E-state index in [9.17, 15) is 4.79 Å². The lowest BCUT2D eigenvalue weighted by atomic mass is 10.2. The van der Waals surface area contributed by atoms with Crippen LogP contribution in [-0.2, 0) is 0 Å². The van der Waals surface area contributed by atoms with Crippen molar-refractivity contribution in [1.29, 1.82) is 0 Å². The summed E-state index contributed by atoms with van der Waals surface area (Å²) in [7, 11) is 0. The van der Waals surface area contributed by atoms with Crippen LogP contribution in [0.25, 0.3) is 0 Å². The number of carbonyl (C=O) groups excluding carboxylic acids is 1. The molecule has 19 heavy (non-hydrogen) atoms. The minimum Gasteiger partial charge on any atom is -0.456 e. The molecule has 1 N–H and O–H groups in total. The maximum Gasteiger partial charge on any atom is 0.287 e. The summed E-state index contributed by atoms with van der Waals surface area (Å²) in [6.45, 7) is 4.52. The van der Waals surface area contributed by atoms with Gasteiger partial charge in [-0.05, 0) is 38.1 Å². The van der Waals surface area contributed by atoms with Crippen molar-refractivity contribution in [2.24, 2.45) is 0 Å². The van der Waals surface area contributed by atoms with Crippen LogP contribution in [0.1, 0.15) is 21.9 Å². The van der Waals surface area contributed by atoms with Crippen molar-refractivity contribution in [2.45, 2.75) is 18.7 Å². The number of aryl methyl sites for hydroxylation is 2. The average molecular weight is 275 g/mol. The lowest BCUT2D eigenvalue weighted by Crippen LogP contribution is -2.25. The second-order valence-corrected chi connectivity index (χ2v) is 5.50. The molecule has 1 aromatic carbocycles. The topological polar surface area (TPSA) is 42.2 Å². The number of thioether (sulfide) groups is 1. The zero-order valence-electron chi connectivity index (χ0n) is 11.1. The summed E-state index contributed by atoms with van der Waals surface area (Å²) in [5.74, 6) is 1.81. The summed E-state index contributed by atoms with van der Waals surface area (Å²) in [5, 5.41) is 2.84. The first kappa shape index (κ1) is 13.7. The minimum absolute atomic E-state index is 0.155. The molecule has 0 unspecified atom stereocenters. The van der Waals surface area contributed by atoms with Gasteiger partial charge in [0.15, 0.2) is 5.76 Å². The fraction of sp³-hybridized carbons (Fsp3) is 0.267. The normalized spacial score (nSPS) is 10.4. The van der Waals surface area contributed by atoms with Crippen LogP contribution in [0, 0.1) is 13.8 Å². The molecule has 1 amide bonds. The van der Waals surface area contributed by atoms with Crippen molar-refractivity contribution >= 4 is 17.7 Å². The summed E-state index contributed by atoms with van der Waals surface area (Å²) < 4.78 is 5.25. The first-order valence-electron chi connectivity index (χ1n) is 6.19. The van der Waals surface area contributed by atoms with Crippen molar-refractivity contribution in [3.05, 3.63) is 53.5 Å². The van der Waals surface area contributed by atoms with E-state index in [1.54, 1.807) is 23.9 Å². The molecular formula is C15H17NO2S. The summed E-state index contributed by atoms with van der Waals surface area (Å²) in [6, 6.07) is 11.8. The van der Waals surface area contributed by atoms with Crippen molar-refractivity contribution in [3.8, 4) is 0 Å². The molecule has 0 atom stereocenters. The van der Waals surface area contributed by atoms with E-state index in [-0.39, 0.29) is 5.91 Å². The predicted molar refractivity (Wildman–Crippen MR) is 77.7 cm³/mol. The third kappa shape index (κ3) is 4.17. The number of amides is 1. The number of carbonyl (C=O) groups is 1. The third-order valence-corrected chi connectivity index (χ3v) is 3.66. The largest absolute Gasteiger partial charge is 0.456 e. The Morgan fingerprint density at radius 1 is 1.16 bits per heavy atom. The fourth-order valence-corrected chi connectivity index (χ4v) is 2.38. The van der Waals surface area contributed by atoms with E-state index in [1.165, 1.54) is 10.5 Å². The molecule has 1 aromatic heterocycles. The molecule has 2 aromatic rings. The SMILES string of the molecule is Cc1ccc(SCCNC(=O)c2ccc(C)o2)cc1. The van der Waals surface area contributed by atoms with Gasteiger partial charge < -0.3 is 9.73 Å². The van der Waals surface area contributed by atoms with Crippen LogP contribution in [-0.4, -0.2) is 18.2 Å². The molecule has 0 aliphatic rings. The van der Waals surface area contributed by atoms with Crippen molar-refractivity contribution in [3.63, 3.8) is 0 Å². The average Bonchev–Trinajstić information content (AvgIpc) is 2.83. The highest BCUT2D eigenvalue weighted by molar-refractivity contribution is 7.99. The number of rotatable bonds is 5. The monoisotopic (exact) mass is 275 g/mol. The van der Waals surface area contributed by atoms with Crippen LogP contribution < -0.4 is 5.32 Å². The molecule has 0 aliphatic carbocycles. The van der Waals surface area contributed by atoms with Gasteiger partial charge in [-0.15, -0.1) is 11.8 Å². The third-order valence-electron chi connectivity index (χ3n) is 2.64. The second kappa shape index (κ2) is 6.48. The van der Waals surface area contributed by atoms with Crippen LogP contribution >= 0.6 is 11.8 Å². The molecule has 0 saturated carbocycles. The van der Waals surface area contributed by atoms with Gasteiger partial charge >= 0.3 is 0 Å². The van der Waals surface area contributed by atoms with Gasteiger partial charge in [0, 0.05) is 17.2 Å². The Morgan fingerprint density at radius 2 is 1.89 bits per heavy atom. The van der Waals surface area contributed by atoms with Gasteiger partial charge in [-0.2, -0.15) is 0 Å². The van der Waals surface area contributed by atoms with E-state index in [2.05, 4.69) is 36.5 Å². The molecule has 1 heterocycles. The molecule has 0 aliphatic heterocycles. The number of hydrogen-bond acceptors (Lipinski definition) is 3. The Kier molecular flexibility index (Phi) is 4.68. The molecule has 0 bridgehead atoms. The van der Waals surface area contributed by atoms with Crippen LogP contribution in [0.4, 0.5) is 0 Å². The highest BCUT2D eigenvalue weighted by Gasteiger charge is 2.08. The summed E-state index contributed by atoms with van der Waals surface area (Å²) in [6.07, 6.45) is 0. The van der Waals surface area contributed by atoms with E-state index in [1.807, 2.05) is 6.92 Å². The van der Waals surface area contributed by atoms with E-state index in [0.29, 0.717) is 12.3 Å². The van der Waals surface area contributed by atoms with E-state index < -0.39 is 0 Å². The first-order chi connectivity index (χ1) is 9.15. The number of nitrogens with one attached hydrogen (secondary N) is 1. The Hall–Kier alpha value is -1.68. The Labute approximate surface area is 117 Å². The van der Waals surface area contributed by atoms with Crippen molar-refractivity contribution < 1.29 is 9.21 Å². The second-order valence-electron chi connectivity index (χ2n) is 4.33. The lowest BCUT2D eigenvalue weighted by molar-refractivity contribution is 0.0927. The van der Waals surface area contributed by atoms with E-state index in [0.717, 1.165) is 11.5 Å². The van der Waals surface area contributed by atoms with Crippen LogP contribution in [0.3, 0.4) is 0 Å². The van der Waals surface area contributed by atoms with Gasteiger partial charge in [-0.3, -0.25) is 4.79 Å². The Balaban J connectivity index is 1.72. The molecule has 3 nitrogen and oxygen atoms in total. The summed E-state index contributed by atoms with van der Waals surface area (Å²) in [4.78, 5) is 12.9. The zero-order valence-corrected chi connectivity index (χ0v) is 11.9. The van der Waals surface area contributed by atoms with Crippen LogP contribution in [0.15, 0.2) is 45.7 Å². The summed E-state index contributed by atoms with van der Waals surface area (Å²) >= 11 is 1.73. The molecule has 0 spiro atoms. The Morgan fingerprint density at radius 3 is 2.53 bits per heavy atom. The van der Waals surface area contributed by atoms with E-state index in [4.69, 9.17) is 4.42 Å². The van der Waals surface area contributed by atoms with Gasteiger partial charge in [0.25, 0.3) is 5.91 Å².